The number of hydrogen-bond donors (Lipinski definition) is 1. The Morgan fingerprint density at radius 3 is 2.50 bits per heavy atom. The SMILES string of the molecule is Cc1ncc2c(n1)N(CC(=O)N1CCN(Cc3ccccc3)CC1)CCC2Nc1cccc(Oc2cccc(Cl)c2)c1. The first kappa shape index (κ1) is 28.0. The molecule has 216 valence electrons. The Kier molecular flexibility index (Phi) is 8.53. The van der Waals surface area contributed by atoms with Gasteiger partial charge < -0.3 is 19.9 Å². The minimum Gasteiger partial charge on any atom is -0.457 e. The molecule has 1 amide bonds. The zero-order valence-electron chi connectivity index (χ0n) is 23.7. The molecule has 9 heteroatoms. The van der Waals surface area contributed by atoms with Crippen LogP contribution in [0.25, 0.3) is 0 Å². The molecule has 1 saturated heterocycles. The van der Waals surface area contributed by atoms with Crippen molar-refractivity contribution < 1.29 is 9.53 Å². The van der Waals surface area contributed by atoms with E-state index in [1.54, 1.807) is 6.07 Å². The van der Waals surface area contributed by atoms with E-state index in [1.807, 2.05) is 66.6 Å². The molecule has 0 spiro atoms. The van der Waals surface area contributed by atoms with Gasteiger partial charge in [-0.3, -0.25) is 9.69 Å². The normalized spacial score (nSPS) is 17.0. The smallest absolute Gasteiger partial charge is 0.242 e. The third-order valence-corrected chi connectivity index (χ3v) is 8.02. The maximum absolute atomic E-state index is 13.4. The maximum Gasteiger partial charge on any atom is 0.242 e. The highest BCUT2D eigenvalue weighted by Gasteiger charge is 2.30. The fraction of sp³-hybridized carbons (Fsp3) is 0.303. The number of piperazine rings is 1. The highest BCUT2D eigenvalue weighted by molar-refractivity contribution is 6.30. The lowest BCUT2D eigenvalue weighted by Crippen LogP contribution is -2.51. The second-order valence-electron chi connectivity index (χ2n) is 10.8. The van der Waals surface area contributed by atoms with Crippen LogP contribution in [0.2, 0.25) is 5.02 Å². The van der Waals surface area contributed by atoms with Crippen LogP contribution in [0.4, 0.5) is 11.5 Å². The van der Waals surface area contributed by atoms with Crippen LogP contribution in [-0.4, -0.2) is 64.9 Å². The number of carbonyl (C=O) groups is 1. The molecular weight excluding hydrogens is 548 g/mol. The maximum atomic E-state index is 13.4. The number of amides is 1. The summed E-state index contributed by atoms with van der Waals surface area (Å²) in [6.45, 7) is 7.09. The second-order valence-corrected chi connectivity index (χ2v) is 11.3. The molecule has 2 aliphatic rings. The van der Waals surface area contributed by atoms with E-state index in [4.69, 9.17) is 21.3 Å². The van der Waals surface area contributed by atoms with E-state index in [2.05, 4.69) is 44.4 Å². The lowest BCUT2D eigenvalue weighted by molar-refractivity contribution is -0.131. The molecule has 0 saturated carbocycles. The summed E-state index contributed by atoms with van der Waals surface area (Å²) in [6.07, 6.45) is 2.71. The molecule has 42 heavy (non-hydrogen) atoms. The van der Waals surface area contributed by atoms with Gasteiger partial charge in [0.1, 0.15) is 23.1 Å². The molecule has 1 N–H and O–H groups in total. The molecule has 6 rings (SSSR count). The van der Waals surface area contributed by atoms with E-state index < -0.39 is 0 Å². The van der Waals surface area contributed by atoms with Crippen LogP contribution >= 0.6 is 11.6 Å². The van der Waals surface area contributed by atoms with E-state index in [-0.39, 0.29) is 11.9 Å². The number of anilines is 2. The monoisotopic (exact) mass is 582 g/mol. The number of rotatable bonds is 8. The van der Waals surface area contributed by atoms with Gasteiger partial charge in [-0.05, 0) is 49.2 Å². The predicted octanol–water partition coefficient (Wildman–Crippen LogP) is 5.94. The molecule has 0 aliphatic carbocycles. The molecule has 4 aromatic rings. The number of halogens is 1. The number of nitrogens with zero attached hydrogens (tertiary/aromatic N) is 5. The molecule has 1 fully saturated rings. The van der Waals surface area contributed by atoms with E-state index in [1.165, 1.54) is 5.56 Å². The Hall–Kier alpha value is -4.14. The Balaban J connectivity index is 1.09. The number of aryl methyl sites for hydroxylation is 1. The predicted molar refractivity (Wildman–Crippen MR) is 166 cm³/mol. The van der Waals surface area contributed by atoms with E-state index in [0.717, 1.165) is 68.5 Å². The van der Waals surface area contributed by atoms with Crippen LogP contribution < -0.4 is 15.0 Å². The number of nitrogens with one attached hydrogen (secondary N) is 1. The van der Waals surface area contributed by atoms with Gasteiger partial charge in [0.15, 0.2) is 0 Å². The van der Waals surface area contributed by atoms with E-state index in [9.17, 15) is 4.79 Å². The van der Waals surface area contributed by atoms with Crippen LogP contribution in [0.5, 0.6) is 11.5 Å². The van der Waals surface area contributed by atoms with Crippen molar-refractivity contribution in [1.29, 1.82) is 0 Å². The zero-order valence-corrected chi connectivity index (χ0v) is 24.5. The average Bonchev–Trinajstić information content (AvgIpc) is 2.99. The fourth-order valence-corrected chi connectivity index (χ4v) is 5.77. The summed E-state index contributed by atoms with van der Waals surface area (Å²) >= 11 is 6.12. The average molecular weight is 583 g/mol. The molecule has 0 bridgehead atoms. The molecule has 2 aliphatic heterocycles. The summed E-state index contributed by atoms with van der Waals surface area (Å²) in [5.41, 5.74) is 3.23. The first-order valence-electron chi connectivity index (χ1n) is 14.4. The Morgan fingerprint density at radius 2 is 1.71 bits per heavy atom. The topological polar surface area (TPSA) is 73.8 Å². The second kappa shape index (κ2) is 12.8. The number of benzene rings is 3. The summed E-state index contributed by atoms with van der Waals surface area (Å²) in [5.74, 6) is 3.07. The van der Waals surface area contributed by atoms with Crippen LogP contribution in [0.3, 0.4) is 0 Å². The first-order chi connectivity index (χ1) is 20.5. The van der Waals surface area contributed by atoms with Crippen molar-refractivity contribution in [3.8, 4) is 11.5 Å². The first-order valence-corrected chi connectivity index (χ1v) is 14.8. The van der Waals surface area contributed by atoms with Gasteiger partial charge in [-0.15, -0.1) is 0 Å². The highest BCUT2D eigenvalue weighted by Crippen LogP contribution is 2.35. The summed E-state index contributed by atoms with van der Waals surface area (Å²) in [7, 11) is 0. The summed E-state index contributed by atoms with van der Waals surface area (Å²) in [4.78, 5) is 29.2. The number of carbonyl (C=O) groups excluding carboxylic acids is 1. The van der Waals surface area contributed by atoms with Crippen molar-refractivity contribution in [2.24, 2.45) is 0 Å². The van der Waals surface area contributed by atoms with Gasteiger partial charge in [-0.25, -0.2) is 9.97 Å². The number of ether oxygens (including phenoxy) is 1. The van der Waals surface area contributed by atoms with Gasteiger partial charge in [0.05, 0.1) is 12.6 Å². The molecule has 3 heterocycles. The Labute approximate surface area is 251 Å². The van der Waals surface area contributed by atoms with Crippen LogP contribution in [0.15, 0.2) is 85.1 Å². The Morgan fingerprint density at radius 1 is 0.952 bits per heavy atom. The summed E-state index contributed by atoms with van der Waals surface area (Å²) in [5, 5.41) is 4.27. The van der Waals surface area contributed by atoms with Gasteiger partial charge in [0.25, 0.3) is 0 Å². The van der Waals surface area contributed by atoms with Gasteiger partial charge in [0.2, 0.25) is 5.91 Å². The van der Waals surface area contributed by atoms with Crippen molar-refractivity contribution in [3.05, 3.63) is 107 Å². The molecule has 8 nitrogen and oxygen atoms in total. The molecule has 1 aromatic heterocycles. The van der Waals surface area contributed by atoms with Gasteiger partial charge >= 0.3 is 0 Å². The summed E-state index contributed by atoms with van der Waals surface area (Å²) < 4.78 is 6.03. The van der Waals surface area contributed by atoms with Crippen LogP contribution in [-0.2, 0) is 11.3 Å². The van der Waals surface area contributed by atoms with E-state index >= 15 is 0 Å². The molecular formula is C33H35ClN6O2. The van der Waals surface area contributed by atoms with Crippen molar-refractivity contribution in [2.75, 3.05) is 49.5 Å². The molecule has 0 radical (unpaired) electrons. The van der Waals surface area contributed by atoms with Crippen molar-refractivity contribution in [1.82, 2.24) is 19.8 Å². The van der Waals surface area contributed by atoms with Crippen molar-refractivity contribution in [2.45, 2.75) is 25.9 Å². The van der Waals surface area contributed by atoms with Crippen LogP contribution in [0.1, 0.15) is 29.4 Å². The minimum absolute atomic E-state index is 0.00917. The Bertz CT molecular complexity index is 1530. The zero-order chi connectivity index (χ0) is 28.9. The van der Waals surface area contributed by atoms with Gasteiger partial charge in [-0.1, -0.05) is 54.1 Å². The summed E-state index contributed by atoms with van der Waals surface area (Å²) in [6, 6.07) is 25.7. The lowest BCUT2D eigenvalue weighted by atomic mass is 10.00. The molecule has 1 unspecified atom stereocenters. The van der Waals surface area contributed by atoms with Gasteiger partial charge in [0, 0.05) is 67.8 Å². The number of fused-ring (bicyclic) bond motifs is 1. The molecule has 1 atom stereocenters. The fourth-order valence-electron chi connectivity index (χ4n) is 5.59. The van der Waals surface area contributed by atoms with Crippen molar-refractivity contribution in [3.63, 3.8) is 0 Å². The standard InChI is InChI=1S/C33H35ClN6O2/c1-24-35-21-30-31(37-27-10-6-12-29(20-27)42-28-11-5-9-26(34)19-28)13-14-40(33(30)36-24)23-32(41)39-17-15-38(16-18-39)22-25-7-3-2-4-8-25/h2-12,19-21,31,37H,13-18,22-23H2,1H3. The number of aromatic nitrogens is 2. The van der Waals surface area contributed by atoms with Crippen LogP contribution in [0, 0.1) is 6.92 Å². The highest BCUT2D eigenvalue weighted by atomic mass is 35.5. The largest absolute Gasteiger partial charge is 0.457 e. The number of hydrogen-bond acceptors (Lipinski definition) is 7. The lowest BCUT2D eigenvalue weighted by Gasteiger charge is -2.38. The quantitative estimate of drug-likeness (QED) is 0.276. The third kappa shape index (κ3) is 6.83. The third-order valence-electron chi connectivity index (χ3n) is 7.79. The molecule has 3 aromatic carbocycles. The van der Waals surface area contributed by atoms with Crippen molar-refractivity contribution >= 4 is 29.0 Å². The minimum atomic E-state index is 0.00917. The van der Waals surface area contributed by atoms with Gasteiger partial charge in [-0.2, -0.15) is 0 Å². The van der Waals surface area contributed by atoms with E-state index in [0.29, 0.717) is 23.1 Å².